The summed E-state index contributed by atoms with van der Waals surface area (Å²) in [5.74, 6) is 0.0477. The van der Waals surface area contributed by atoms with E-state index in [9.17, 15) is 14.4 Å². The number of hydrogen-bond acceptors (Lipinski definition) is 4. The zero-order valence-electron chi connectivity index (χ0n) is 18.4. The van der Waals surface area contributed by atoms with Crippen molar-refractivity contribution in [1.29, 1.82) is 0 Å². The van der Waals surface area contributed by atoms with E-state index >= 15 is 0 Å². The van der Waals surface area contributed by atoms with Crippen molar-refractivity contribution in [1.82, 2.24) is 9.13 Å². The number of nitrogens with zero attached hydrogens (tertiary/aromatic N) is 2. The Bertz CT molecular complexity index is 1480. The van der Waals surface area contributed by atoms with E-state index in [2.05, 4.69) is 5.32 Å². The Hall–Kier alpha value is -3.84. The molecule has 4 rings (SSSR count). The minimum absolute atomic E-state index is 0.284. The van der Waals surface area contributed by atoms with Crippen LogP contribution in [0.1, 0.15) is 11.1 Å². The van der Waals surface area contributed by atoms with Crippen LogP contribution in [0.5, 0.6) is 5.75 Å². The van der Waals surface area contributed by atoms with Gasteiger partial charge >= 0.3 is 5.69 Å². The smallest absolute Gasteiger partial charge is 0.336 e. The van der Waals surface area contributed by atoms with E-state index in [1.54, 1.807) is 54.6 Å². The predicted octanol–water partition coefficient (Wildman–Crippen LogP) is 4.07. The third-order valence-electron chi connectivity index (χ3n) is 5.25. The summed E-state index contributed by atoms with van der Waals surface area (Å²) in [6.45, 7) is 3.51. The molecule has 8 heteroatoms. The molecule has 0 spiro atoms. The first-order valence-corrected chi connectivity index (χ1v) is 10.6. The molecule has 0 saturated carbocycles. The number of nitrogens with one attached hydrogen (secondary N) is 1. The van der Waals surface area contributed by atoms with E-state index < -0.39 is 17.2 Å². The molecular weight excluding hydrogens is 442 g/mol. The number of carbonyl (C=O) groups excluding carboxylic acids is 1. The van der Waals surface area contributed by atoms with Crippen molar-refractivity contribution in [3.8, 4) is 11.4 Å². The average Bonchev–Trinajstić information content (AvgIpc) is 2.76. The summed E-state index contributed by atoms with van der Waals surface area (Å²) in [5, 5.41) is 3.43. The molecule has 3 aromatic carbocycles. The van der Waals surface area contributed by atoms with Crippen LogP contribution in [-0.2, 0) is 11.3 Å². The van der Waals surface area contributed by atoms with Crippen molar-refractivity contribution in [3.05, 3.63) is 97.7 Å². The second kappa shape index (κ2) is 8.96. The molecule has 0 saturated heterocycles. The van der Waals surface area contributed by atoms with E-state index in [4.69, 9.17) is 16.3 Å². The van der Waals surface area contributed by atoms with Crippen LogP contribution in [0.25, 0.3) is 16.6 Å². The lowest BCUT2D eigenvalue weighted by molar-refractivity contribution is -0.116. The Morgan fingerprint density at radius 3 is 2.36 bits per heavy atom. The van der Waals surface area contributed by atoms with Crippen molar-refractivity contribution >= 4 is 34.1 Å². The molecule has 0 aliphatic rings. The first kappa shape index (κ1) is 22.4. The second-order valence-corrected chi connectivity index (χ2v) is 8.18. The van der Waals surface area contributed by atoms with Gasteiger partial charge in [0.05, 0.1) is 28.7 Å². The minimum Gasteiger partial charge on any atom is -0.495 e. The number of carbonyl (C=O) groups is 1. The monoisotopic (exact) mass is 463 g/mol. The quantitative estimate of drug-likeness (QED) is 0.483. The van der Waals surface area contributed by atoms with Crippen molar-refractivity contribution < 1.29 is 9.53 Å². The highest BCUT2D eigenvalue weighted by atomic mass is 35.5. The molecule has 0 radical (unpaired) electrons. The summed E-state index contributed by atoms with van der Waals surface area (Å²) < 4.78 is 7.54. The van der Waals surface area contributed by atoms with Gasteiger partial charge in [0.15, 0.2) is 0 Å². The summed E-state index contributed by atoms with van der Waals surface area (Å²) in [6.07, 6.45) is 0. The topological polar surface area (TPSA) is 82.3 Å². The van der Waals surface area contributed by atoms with Crippen LogP contribution in [0.2, 0.25) is 5.02 Å². The molecule has 1 amide bonds. The Balaban J connectivity index is 1.80. The molecule has 0 fully saturated rings. The molecular formula is C25H22ClN3O4. The Morgan fingerprint density at radius 1 is 1.00 bits per heavy atom. The first-order chi connectivity index (χ1) is 15.8. The van der Waals surface area contributed by atoms with Crippen LogP contribution in [0, 0.1) is 13.8 Å². The van der Waals surface area contributed by atoms with Gasteiger partial charge in [0, 0.05) is 5.69 Å². The number of para-hydroxylation sites is 1. The van der Waals surface area contributed by atoms with Crippen LogP contribution >= 0.6 is 11.6 Å². The van der Waals surface area contributed by atoms with E-state index in [1.165, 1.54) is 11.7 Å². The van der Waals surface area contributed by atoms with Crippen LogP contribution in [0.15, 0.2) is 70.3 Å². The standard InChI is InChI=1S/C25H22ClN3O4/c1-15-10-16(2)12-18(11-15)29-24(31)19-6-4-5-7-21(19)28(25(29)32)14-23(30)27-17-8-9-22(33-3)20(26)13-17/h4-13H,14H2,1-3H3,(H,27,30). The SMILES string of the molecule is COc1ccc(NC(=O)Cn2c(=O)n(-c3cc(C)cc(C)c3)c(=O)c3ccccc32)cc1Cl. The largest absolute Gasteiger partial charge is 0.495 e. The molecule has 1 heterocycles. The summed E-state index contributed by atoms with van der Waals surface area (Å²) in [4.78, 5) is 39.5. The van der Waals surface area contributed by atoms with E-state index in [1.807, 2.05) is 19.9 Å². The fourth-order valence-corrected chi connectivity index (χ4v) is 4.13. The minimum atomic E-state index is -0.591. The molecule has 4 aromatic rings. The number of amides is 1. The molecule has 0 unspecified atom stereocenters. The number of anilines is 1. The van der Waals surface area contributed by atoms with Gasteiger partial charge in [-0.1, -0.05) is 29.8 Å². The van der Waals surface area contributed by atoms with Crippen LogP contribution in [0.3, 0.4) is 0 Å². The first-order valence-electron chi connectivity index (χ1n) is 10.2. The molecule has 33 heavy (non-hydrogen) atoms. The average molecular weight is 464 g/mol. The number of rotatable bonds is 5. The lowest BCUT2D eigenvalue weighted by atomic mass is 10.1. The van der Waals surface area contributed by atoms with E-state index in [0.29, 0.717) is 33.0 Å². The van der Waals surface area contributed by atoms with Crippen LogP contribution < -0.4 is 21.3 Å². The highest BCUT2D eigenvalue weighted by molar-refractivity contribution is 6.32. The summed E-state index contributed by atoms with van der Waals surface area (Å²) in [6, 6.07) is 17.1. The van der Waals surface area contributed by atoms with Gasteiger partial charge in [-0.15, -0.1) is 0 Å². The number of fused-ring (bicyclic) bond motifs is 1. The summed E-state index contributed by atoms with van der Waals surface area (Å²) in [5.41, 5.74) is 2.13. The maximum Gasteiger partial charge on any atom is 0.336 e. The third kappa shape index (κ3) is 4.40. The normalized spacial score (nSPS) is 10.9. The molecule has 0 atom stereocenters. The Kier molecular flexibility index (Phi) is 6.07. The highest BCUT2D eigenvalue weighted by Crippen LogP contribution is 2.27. The molecule has 1 N–H and O–H groups in total. The van der Waals surface area contributed by atoms with Crippen LogP contribution in [0.4, 0.5) is 5.69 Å². The molecule has 0 aliphatic carbocycles. The molecule has 168 valence electrons. The summed E-state index contributed by atoms with van der Waals surface area (Å²) in [7, 11) is 1.50. The van der Waals surface area contributed by atoms with Gasteiger partial charge in [-0.25, -0.2) is 9.36 Å². The lowest BCUT2D eigenvalue weighted by Crippen LogP contribution is -2.40. The maximum absolute atomic E-state index is 13.5. The van der Waals surface area contributed by atoms with Gasteiger partial charge in [-0.05, 0) is 67.4 Å². The van der Waals surface area contributed by atoms with E-state index in [0.717, 1.165) is 15.7 Å². The maximum atomic E-state index is 13.5. The van der Waals surface area contributed by atoms with E-state index in [-0.39, 0.29) is 6.54 Å². The number of benzene rings is 3. The van der Waals surface area contributed by atoms with Crippen molar-refractivity contribution in [2.24, 2.45) is 0 Å². The zero-order valence-corrected chi connectivity index (χ0v) is 19.1. The Morgan fingerprint density at radius 2 is 1.70 bits per heavy atom. The fourth-order valence-electron chi connectivity index (χ4n) is 3.87. The molecule has 7 nitrogen and oxygen atoms in total. The number of halogens is 1. The fraction of sp³-hybridized carbons (Fsp3) is 0.160. The number of aromatic nitrogens is 2. The molecule has 1 aromatic heterocycles. The number of hydrogen-bond donors (Lipinski definition) is 1. The third-order valence-corrected chi connectivity index (χ3v) is 5.55. The van der Waals surface area contributed by atoms with Gasteiger partial charge in [-0.3, -0.25) is 14.2 Å². The number of aryl methyl sites for hydroxylation is 2. The predicted molar refractivity (Wildman–Crippen MR) is 130 cm³/mol. The van der Waals surface area contributed by atoms with Crippen LogP contribution in [-0.4, -0.2) is 22.2 Å². The van der Waals surface area contributed by atoms with Crippen molar-refractivity contribution in [3.63, 3.8) is 0 Å². The zero-order chi connectivity index (χ0) is 23.7. The molecule has 0 bridgehead atoms. The summed E-state index contributed by atoms with van der Waals surface area (Å²) >= 11 is 6.14. The Labute approximate surface area is 194 Å². The second-order valence-electron chi connectivity index (χ2n) is 7.77. The lowest BCUT2D eigenvalue weighted by Gasteiger charge is -2.15. The van der Waals surface area contributed by atoms with Gasteiger partial charge in [0.2, 0.25) is 5.91 Å². The highest BCUT2D eigenvalue weighted by Gasteiger charge is 2.17. The van der Waals surface area contributed by atoms with Crippen molar-refractivity contribution in [2.45, 2.75) is 20.4 Å². The van der Waals surface area contributed by atoms with Gasteiger partial charge in [-0.2, -0.15) is 0 Å². The van der Waals surface area contributed by atoms with Gasteiger partial charge < -0.3 is 10.1 Å². The molecule has 0 aliphatic heterocycles. The number of ether oxygens (including phenoxy) is 1. The number of methoxy groups -OCH3 is 1. The van der Waals surface area contributed by atoms with Gasteiger partial charge in [0.25, 0.3) is 5.56 Å². The van der Waals surface area contributed by atoms with Crippen molar-refractivity contribution in [2.75, 3.05) is 12.4 Å². The van der Waals surface area contributed by atoms with Gasteiger partial charge in [0.1, 0.15) is 12.3 Å².